The first-order valence-corrected chi connectivity index (χ1v) is 45.4. The molecule has 4 N–H and O–H groups in total. The maximum Gasteiger partial charge on any atom is 0.472 e. The predicted molar refractivity (Wildman–Crippen MR) is 463 cm³/mol. The lowest BCUT2D eigenvalue weighted by Crippen LogP contribution is -2.30. The van der Waals surface area contributed by atoms with Crippen molar-refractivity contribution in [1.82, 2.24) is 0 Å². The van der Waals surface area contributed by atoms with Gasteiger partial charge in [0.15, 0.2) is 6.10 Å². The standard InChI is InChI=1S/C93H150O16P2/c1-4-7-10-13-16-19-22-25-28-31-34-37-39-40-41-42-43-44-45-46-48-51-52-55-58-61-64-67-70-73-76-79-91(96)103-82-88(94)83-105-110(99,100)106-84-89(95)85-107-111(101,102)108-87-90(109-93(98)81-78-75-72-69-66-63-60-57-54-49-36-33-30-27-24-21-18-15-12-9-6-3)86-104-92(97)80-77-74-71-68-65-62-59-56-53-50-47-38-35-32-29-26-23-20-17-14-11-8-5-2/h7-12,16-21,25-30,34-38,40-41,43-44,49-50,53,57,59-60,62,88-90,94-95H,4-6,13-15,22-24,31-33,39,42,45-48,51-52,54-56,58,61,63-87H2,1-3H3,(H,99,100)(H,101,102)/b10-7-,11-8-,12-9-,19-16-,20-17-,21-18-,28-25-,29-26-,30-27-,37-34-,38-35-,41-40-,44-43-,49-36-,53-50-,60-57-,62-59-. The molecular weight excluding hydrogens is 1430 g/mol. The quantitative estimate of drug-likeness (QED) is 0.0146. The molecule has 0 heterocycles. The van der Waals surface area contributed by atoms with Crippen molar-refractivity contribution in [3.05, 3.63) is 207 Å². The summed E-state index contributed by atoms with van der Waals surface area (Å²) in [6.07, 6.45) is 111. The van der Waals surface area contributed by atoms with Crippen molar-refractivity contribution in [3.63, 3.8) is 0 Å². The zero-order valence-corrected chi connectivity index (χ0v) is 70.6. The lowest BCUT2D eigenvalue weighted by molar-refractivity contribution is -0.161. The van der Waals surface area contributed by atoms with Gasteiger partial charge >= 0.3 is 33.6 Å². The van der Waals surface area contributed by atoms with E-state index in [2.05, 4.69) is 227 Å². The molecule has 0 aliphatic rings. The van der Waals surface area contributed by atoms with E-state index >= 15 is 0 Å². The van der Waals surface area contributed by atoms with E-state index in [4.69, 9.17) is 32.3 Å². The number of aliphatic hydroxyl groups is 2. The van der Waals surface area contributed by atoms with Crippen molar-refractivity contribution in [2.75, 3.05) is 39.6 Å². The van der Waals surface area contributed by atoms with Gasteiger partial charge in [0.2, 0.25) is 0 Å². The van der Waals surface area contributed by atoms with Gasteiger partial charge in [-0.25, -0.2) is 9.13 Å². The third-order valence-electron chi connectivity index (χ3n) is 17.0. The number of phosphoric ester groups is 2. The molecule has 18 heteroatoms. The number of phosphoric acid groups is 2. The summed E-state index contributed by atoms with van der Waals surface area (Å²) in [6, 6.07) is 0. The van der Waals surface area contributed by atoms with Gasteiger partial charge in [-0.1, -0.05) is 324 Å². The molecule has 111 heavy (non-hydrogen) atoms. The molecule has 5 unspecified atom stereocenters. The number of hydrogen-bond donors (Lipinski definition) is 4. The Hall–Kier alpha value is -5.87. The van der Waals surface area contributed by atoms with Crippen molar-refractivity contribution in [1.29, 1.82) is 0 Å². The number of unbranched alkanes of at least 4 members (excludes halogenated alkanes) is 21. The summed E-state index contributed by atoms with van der Waals surface area (Å²) >= 11 is 0. The van der Waals surface area contributed by atoms with Crippen LogP contribution in [0.1, 0.15) is 303 Å². The van der Waals surface area contributed by atoms with Crippen LogP contribution in [0.3, 0.4) is 0 Å². The average Bonchev–Trinajstić information content (AvgIpc) is 0.900. The molecule has 5 atom stereocenters. The molecule has 16 nitrogen and oxygen atoms in total. The zero-order chi connectivity index (χ0) is 80.8. The third-order valence-corrected chi connectivity index (χ3v) is 18.9. The Morgan fingerprint density at radius 3 is 0.712 bits per heavy atom. The highest BCUT2D eigenvalue weighted by molar-refractivity contribution is 7.47. The molecule has 0 aromatic rings. The van der Waals surface area contributed by atoms with Crippen LogP contribution in [-0.2, 0) is 55.8 Å². The van der Waals surface area contributed by atoms with E-state index < -0.39 is 91.5 Å². The monoisotopic (exact) mass is 1590 g/mol. The molecule has 0 aromatic heterocycles. The summed E-state index contributed by atoms with van der Waals surface area (Å²) in [4.78, 5) is 58.8. The first-order chi connectivity index (χ1) is 54.2. The Labute approximate surface area is 673 Å². The van der Waals surface area contributed by atoms with Crippen LogP contribution in [-0.4, -0.2) is 95.9 Å². The second-order valence-corrected chi connectivity index (χ2v) is 30.4. The van der Waals surface area contributed by atoms with E-state index in [0.29, 0.717) is 19.3 Å². The van der Waals surface area contributed by atoms with E-state index in [-0.39, 0.29) is 19.3 Å². The summed E-state index contributed by atoms with van der Waals surface area (Å²) in [5, 5.41) is 20.7. The second kappa shape index (κ2) is 83.6. The maximum absolute atomic E-state index is 13.0. The summed E-state index contributed by atoms with van der Waals surface area (Å²) in [5.41, 5.74) is 0. The Morgan fingerprint density at radius 1 is 0.252 bits per heavy atom. The highest BCUT2D eigenvalue weighted by atomic mass is 31.2. The molecule has 628 valence electrons. The van der Waals surface area contributed by atoms with E-state index in [9.17, 15) is 43.5 Å². The molecule has 0 aliphatic heterocycles. The number of aliphatic hydroxyl groups excluding tert-OH is 2. The van der Waals surface area contributed by atoms with Crippen LogP contribution in [0.4, 0.5) is 0 Å². The zero-order valence-electron chi connectivity index (χ0n) is 68.8. The molecule has 0 rings (SSSR count). The van der Waals surface area contributed by atoms with E-state index in [1.807, 2.05) is 0 Å². The number of carbonyl (C=O) groups is 3. The van der Waals surface area contributed by atoms with Gasteiger partial charge in [0.1, 0.15) is 25.4 Å². The maximum atomic E-state index is 13.0. The van der Waals surface area contributed by atoms with Crippen LogP contribution in [0.15, 0.2) is 207 Å². The molecule has 0 bridgehead atoms. The topological polar surface area (TPSA) is 231 Å². The first-order valence-electron chi connectivity index (χ1n) is 42.4. The summed E-state index contributed by atoms with van der Waals surface area (Å²) in [7, 11) is -9.83. The van der Waals surface area contributed by atoms with Crippen molar-refractivity contribution in [2.45, 2.75) is 322 Å². The smallest absolute Gasteiger partial charge is 0.463 e. The minimum absolute atomic E-state index is 0.0678. The number of allylic oxidation sites excluding steroid dienone is 34. The second-order valence-electron chi connectivity index (χ2n) is 27.5. The minimum atomic E-state index is -4.96. The van der Waals surface area contributed by atoms with Crippen LogP contribution in [0.25, 0.3) is 0 Å². The molecule has 0 spiro atoms. The number of hydrogen-bond acceptors (Lipinski definition) is 14. The Balaban J connectivity index is 4.66. The molecule has 0 saturated heterocycles. The fourth-order valence-electron chi connectivity index (χ4n) is 10.7. The SMILES string of the molecule is CC/C=C\C/C=C\C/C=C\C/C=C\C/C=C\C/C=C\CCCCCCCCCCCCCCC(=O)OCC(O)COP(=O)(O)OCC(O)COP(=O)(O)OCC(COC(=O)CCCCCC/C=C\C/C=C\C/C=C\C/C=C\C/C=C\C/C=C\CC)OC(=O)CCCCCCC/C=C\C/C=C\C/C=C\C/C=C\C/C=C\CC. The number of carbonyl (C=O) groups excluding carboxylic acids is 3. The lowest BCUT2D eigenvalue weighted by atomic mass is 10.0. The van der Waals surface area contributed by atoms with Crippen LogP contribution in [0.5, 0.6) is 0 Å². The number of esters is 3. The number of rotatable bonds is 78. The van der Waals surface area contributed by atoms with Gasteiger partial charge in [-0.2, -0.15) is 0 Å². The molecule has 0 saturated carbocycles. The highest BCUT2D eigenvalue weighted by Gasteiger charge is 2.29. The predicted octanol–water partition coefficient (Wildman–Crippen LogP) is 25.7. The van der Waals surface area contributed by atoms with Gasteiger partial charge in [0.05, 0.1) is 26.4 Å². The van der Waals surface area contributed by atoms with Crippen LogP contribution < -0.4 is 0 Å². The Bertz CT molecular complexity index is 2850. The van der Waals surface area contributed by atoms with E-state index in [1.54, 1.807) is 0 Å². The van der Waals surface area contributed by atoms with Gasteiger partial charge in [-0.3, -0.25) is 32.5 Å². The molecule has 0 amide bonds. The largest absolute Gasteiger partial charge is 0.472 e. The Kier molecular flexibility index (Phi) is 79.1. The van der Waals surface area contributed by atoms with Gasteiger partial charge in [-0.05, 0) is 167 Å². The van der Waals surface area contributed by atoms with Crippen LogP contribution in [0, 0.1) is 0 Å². The fourth-order valence-corrected chi connectivity index (χ4v) is 12.2. The van der Waals surface area contributed by atoms with Crippen molar-refractivity contribution in [2.24, 2.45) is 0 Å². The normalized spacial score (nSPS) is 14.9. The average molecular weight is 1590 g/mol. The van der Waals surface area contributed by atoms with Gasteiger partial charge in [0, 0.05) is 19.3 Å². The first kappa shape index (κ1) is 105. The van der Waals surface area contributed by atoms with E-state index in [0.717, 1.165) is 193 Å². The molecule has 0 aliphatic carbocycles. The minimum Gasteiger partial charge on any atom is -0.463 e. The Morgan fingerprint density at radius 2 is 0.450 bits per heavy atom. The van der Waals surface area contributed by atoms with Crippen molar-refractivity contribution >= 4 is 33.6 Å². The molecule has 0 fully saturated rings. The van der Waals surface area contributed by atoms with E-state index in [1.165, 1.54) is 51.4 Å². The summed E-state index contributed by atoms with van der Waals surface area (Å²) in [6.45, 7) is 2.27. The highest BCUT2D eigenvalue weighted by Crippen LogP contribution is 2.45. The van der Waals surface area contributed by atoms with Crippen molar-refractivity contribution in [3.8, 4) is 0 Å². The van der Waals surface area contributed by atoms with Gasteiger partial charge < -0.3 is 34.2 Å². The fraction of sp³-hybridized carbons (Fsp3) is 0.602. The third kappa shape index (κ3) is 84.9. The van der Waals surface area contributed by atoms with Crippen molar-refractivity contribution < 1.29 is 75.8 Å². The lowest BCUT2D eigenvalue weighted by Gasteiger charge is -2.21. The van der Waals surface area contributed by atoms with Crippen LogP contribution >= 0.6 is 15.6 Å². The van der Waals surface area contributed by atoms with Crippen LogP contribution in [0.2, 0.25) is 0 Å². The molecule has 0 aromatic carbocycles. The molecular formula is C93H150O16P2. The summed E-state index contributed by atoms with van der Waals surface area (Å²) in [5.74, 6) is -1.64. The van der Waals surface area contributed by atoms with Gasteiger partial charge in [-0.15, -0.1) is 0 Å². The summed E-state index contributed by atoms with van der Waals surface area (Å²) < 4.78 is 61.3. The molecule has 0 radical (unpaired) electrons. The number of ether oxygens (including phenoxy) is 3. The van der Waals surface area contributed by atoms with Gasteiger partial charge in [0.25, 0.3) is 0 Å².